The Kier molecular flexibility index (Phi) is 4.55. The van der Waals surface area contributed by atoms with Crippen molar-refractivity contribution in [3.63, 3.8) is 0 Å². The summed E-state index contributed by atoms with van der Waals surface area (Å²) in [5, 5.41) is 9.17. The largest absolute Gasteiger partial charge is 0.445 e. The van der Waals surface area contributed by atoms with E-state index in [1.54, 1.807) is 0 Å². The summed E-state index contributed by atoms with van der Waals surface area (Å²) < 4.78 is 10.4. The van der Waals surface area contributed by atoms with Gasteiger partial charge < -0.3 is 14.6 Å². The van der Waals surface area contributed by atoms with Crippen molar-refractivity contribution < 1.29 is 19.4 Å². The fourth-order valence-electron chi connectivity index (χ4n) is 1.85. The van der Waals surface area contributed by atoms with Crippen molar-refractivity contribution >= 4 is 6.09 Å². The molecule has 1 unspecified atom stereocenters. The molecule has 1 aromatic carbocycles. The van der Waals surface area contributed by atoms with Crippen LogP contribution in [0.25, 0.3) is 0 Å². The first-order valence-electron chi connectivity index (χ1n) is 5.97. The minimum Gasteiger partial charge on any atom is -0.445 e. The summed E-state index contributed by atoms with van der Waals surface area (Å²) in [4.78, 5) is 13.4. The van der Waals surface area contributed by atoms with E-state index in [4.69, 9.17) is 14.6 Å². The molecule has 0 saturated carbocycles. The van der Waals surface area contributed by atoms with E-state index in [1.165, 1.54) is 4.90 Å². The highest BCUT2D eigenvalue weighted by molar-refractivity contribution is 5.68. The fourth-order valence-corrected chi connectivity index (χ4v) is 1.85. The molecule has 1 saturated heterocycles. The summed E-state index contributed by atoms with van der Waals surface area (Å²) in [5.41, 5.74) is 0.944. The Morgan fingerprint density at radius 3 is 2.94 bits per heavy atom. The van der Waals surface area contributed by atoms with Gasteiger partial charge in [0.25, 0.3) is 0 Å². The molecule has 5 nitrogen and oxygen atoms in total. The normalized spacial score (nSPS) is 19.6. The molecule has 1 aliphatic rings. The molecule has 1 heterocycles. The number of morpholine rings is 1. The van der Waals surface area contributed by atoms with Gasteiger partial charge in [0.15, 0.2) is 0 Å². The van der Waals surface area contributed by atoms with Crippen molar-refractivity contribution in [2.75, 3.05) is 26.4 Å². The van der Waals surface area contributed by atoms with Crippen LogP contribution in [0.4, 0.5) is 4.79 Å². The molecule has 1 aliphatic heterocycles. The minimum atomic E-state index is -0.402. The van der Waals surface area contributed by atoms with Gasteiger partial charge in [-0.05, 0) is 5.56 Å². The van der Waals surface area contributed by atoms with Crippen LogP contribution in [-0.4, -0.2) is 48.5 Å². The second kappa shape index (κ2) is 6.37. The number of ether oxygens (including phenoxy) is 2. The Bertz CT molecular complexity index is 382. The summed E-state index contributed by atoms with van der Waals surface area (Å²) in [5.74, 6) is 0. The second-order valence-electron chi connectivity index (χ2n) is 4.14. The summed E-state index contributed by atoms with van der Waals surface area (Å²) in [6.45, 7) is 1.43. The molecule has 0 spiro atoms. The number of carbonyl (C=O) groups excluding carboxylic acids is 1. The van der Waals surface area contributed by atoms with Crippen molar-refractivity contribution in [2.24, 2.45) is 0 Å². The molecule has 0 radical (unpaired) electrons. The van der Waals surface area contributed by atoms with Gasteiger partial charge in [0.2, 0.25) is 0 Å². The van der Waals surface area contributed by atoms with E-state index in [9.17, 15) is 4.79 Å². The maximum atomic E-state index is 11.9. The SMILES string of the molecule is O=C(OCc1ccccc1)N1CCOCC1CO. The second-order valence-corrected chi connectivity index (χ2v) is 4.14. The molecule has 1 fully saturated rings. The molecule has 1 aromatic rings. The average Bonchev–Trinajstić information content (AvgIpc) is 2.45. The highest BCUT2D eigenvalue weighted by Crippen LogP contribution is 2.10. The van der Waals surface area contributed by atoms with Gasteiger partial charge in [0.05, 0.1) is 25.9 Å². The van der Waals surface area contributed by atoms with Crippen LogP contribution in [0.15, 0.2) is 30.3 Å². The Morgan fingerprint density at radius 1 is 1.44 bits per heavy atom. The maximum absolute atomic E-state index is 11.9. The molecule has 0 aromatic heterocycles. The number of aliphatic hydroxyl groups is 1. The molecule has 1 atom stereocenters. The lowest BCUT2D eigenvalue weighted by atomic mass is 10.2. The van der Waals surface area contributed by atoms with Crippen LogP contribution in [0.3, 0.4) is 0 Å². The number of benzene rings is 1. The minimum absolute atomic E-state index is 0.111. The topological polar surface area (TPSA) is 59.0 Å². The first-order valence-corrected chi connectivity index (χ1v) is 5.97. The summed E-state index contributed by atoms with van der Waals surface area (Å²) in [6, 6.07) is 9.20. The van der Waals surface area contributed by atoms with Crippen LogP contribution in [0.5, 0.6) is 0 Å². The number of hydrogen-bond donors (Lipinski definition) is 1. The van der Waals surface area contributed by atoms with E-state index in [1.807, 2.05) is 30.3 Å². The van der Waals surface area contributed by atoms with E-state index in [0.717, 1.165) is 5.56 Å². The van der Waals surface area contributed by atoms with E-state index >= 15 is 0 Å². The smallest absolute Gasteiger partial charge is 0.410 e. The molecule has 5 heteroatoms. The fraction of sp³-hybridized carbons (Fsp3) is 0.462. The number of amides is 1. The molecule has 2 rings (SSSR count). The van der Waals surface area contributed by atoms with Gasteiger partial charge in [-0.15, -0.1) is 0 Å². The highest BCUT2D eigenvalue weighted by atomic mass is 16.6. The van der Waals surface area contributed by atoms with Crippen molar-refractivity contribution in [1.29, 1.82) is 0 Å². The summed E-state index contributed by atoms with van der Waals surface area (Å²) in [7, 11) is 0. The lowest BCUT2D eigenvalue weighted by Gasteiger charge is -2.33. The molecule has 98 valence electrons. The van der Waals surface area contributed by atoms with Crippen LogP contribution in [0, 0.1) is 0 Å². The van der Waals surface area contributed by atoms with Gasteiger partial charge in [-0.3, -0.25) is 4.90 Å². The zero-order chi connectivity index (χ0) is 12.8. The van der Waals surface area contributed by atoms with Crippen LogP contribution >= 0.6 is 0 Å². The molecule has 0 aliphatic carbocycles. The Hall–Kier alpha value is -1.59. The van der Waals surface area contributed by atoms with Gasteiger partial charge in [-0.2, -0.15) is 0 Å². The van der Waals surface area contributed by atoms with Gasteiger partial charge in [-0.1, -0.05) is 30.3 Å². The van der Waals surface area contributed by atoms with Crippen molar-refractivity contribution in [3.05, 3.63) is 35.9 Å². The lowest BCUT2D eigenvalue weighted by Crippen LogP contribution is -2.50. The first kappa shape index (κ1) is 12.9. The van der Waals surface area contributed by atoms with Crippen LogP contribution in [0.2, 0.25) is 0 Å². The number of rotatable bonds is 3. The third-order valence-electron chi connectivity index (χ3n) is 2.88. The van der Waals surface area contributed by atoms with Crippen molar-refractivity contribution in [1.82, 2.24) is 4.90 Å². The molecular weight excluding hydrogens is 234 g/mol. The monoisotopic (exact) mass is 251 g/mol. The van der Waals surface area contributed by atoms with Crippen LogP contribution in [-0.2, 0) is 16.1 Å². The number of nitrogens with zero attached hydrogens (tertiary/aromatic N) is 1. The Morgan fingerprint density at radius 2 is 2.22 bits per heavy atom. The zero-order valence-electron chi connectivity index (χ0n) is 10.1. The Labute approximate surface area is 106 Å². The third-order valence-corrected chi connectivity index (χ3v) is 2.88. The van der Waals surface area contributed by atoms with E-state index in [-0.39, 0.29) is 19.3 Å². The lowest BCUT2D eigenvalue weighted by molar-refractivity contribution is -0.0272. The van der Waals surface area contributed by atoms with E-state index < -0.39 is 6.09 Å². The summed E-state index contributed by atoms with van der Waals surface area (Å²) >= 11 is 0. The van der Waals surface area contributed by atoms with Crippen molar-refractivity contribution in [2.45, 2.75) is 12.6 Å². The van der Waals surface area contributed by atoms with E-state index in [2.05, 4.69) is 0 Å². The molecule has 0 bridgehead atoms. The van der Waals surface area contributed by atoms with Gasteiger partial charge in [0, 0.05) is 6.54 Å². The zero-order valence-corrected chi connectivity index (χ0v) is 10.1. The number of hydrogen-bond acceptors (Lipinski definition) is 4. The van der Waals surface area contributed by atoms with Crippen LogP contribution in [0.1, 0.15) is 5.56 Å². The number of aliphatic hydroxyl groups excluding tert-OH is 1. The third kappa shape index (κ3) is 3.21. The maximum Gasteiger partial charge on any atom is 0.410 e. The van der Waals surface area contributed by atoms with Gasteiger partial charge in [-0.25, -0.2) is 4.79 Å². The molecule has 1 N–H and O–H groups in total. The predicted octanol–water partition coefficient (Wildman–Crippen LogP) is 1.02. The van der Waals surface area contributed by atoms with E-state index in [0.29, 0.717) is 19.8 Å². The summed E-state index contributed by atoms with van der Waals surface area (Å²) in [6.07, 6.45) is -0.402. The molecule has 1 amide bonds. The Balaban J connectivity index is 1.87. The highest BCUT2D eigenvalue weighted by Gasteiger charge is 2.27. The molecular formula is C13H17NO4. The average molecular weight is 251 g/mol. The van der Waals surface area contributed by atoms with Crippen LogP contribution < -0.4 is 0 Å². The predicted molar refractivity (Wildman–Crippen MR) is 65.0 cm³/mol. The molecule has 18 heavy (non-hydrogen) atoms. The van der Waals surface area contributed by atoms with Crippen molar-refractivity contribution in [3.8, 4) is 0 Å². The first-order chi connectivity index (χ1) is 8.81. The van der Waals surface area contributed by atoms with Gasteiger partial charge >= 0.3 is 6.09 Å². The van der Waals surface area contributed by atoms with Gasteiger partial charge in [0.1, 0.15) is 6.61 Å². The number of carbonyl (C=O) groups is 1. The standard InChI is InChI=1S/C13H17NO4/c15-8-12-10-17-7-6-14(12)13(16)18-9-11-4-2-1-3-5-11/h1-5,12,15H,6-10H2. The quantitative estimate of drug-likeness (QED) is 0.871.